The van der Waals surface area contributed by atoms with Crippen LogP contribution in [0, 0.1) is 22.7 Å². The molecule has 46 heavy (non-hydrogen) atoms. The number of aliphatic hydroxyl groups excluding tert-OH is 1. The Bertz CT molecular complexity index is 1100. The van der Waals surface area contributed by atoms with Crippen molar-refractivity contribution in [2.75, 3.05) is 7.11 Å². The van der Waals surface area contributed by atoms with Crippen LogP contribution in [0.25, 0.3) is 0 Å². The van der Waals surface area contributed by atoms with Gasteiger partial charge >= 0.3 is 0 Å². The lowest BCUT2D eigenvalue weighted by Crippen LogP contribution is -2.62. The second-order valence-corrected chi connectivity index (χ2v) is 15.5. The molecule has 10 rings (SSSR count). The lowest BCUT2D eigenvalue weighted by molar-refractivity contribution is -0.230. The van der Waals surface area contributed by atoms with Gasteiger partial charge < -0.3 is 15.3 Å². The molecule has 0 aromatic heterocycles. The molecule has 8 bridgehead atoms. The Hall–Kier alpha value is -1.68. The summed E-state index contributed by atoms with van der Waals surface area (Å²) in [7, 11) is 1.00. The molecule has 3 N–H and O–H groups in total. The fourth-order valence-electron chi connectivity index (χ4n) is 12.2. The molecule has 8 saturated carbocycles. The summed E-state index contributed by atoms with van der Waals surface area (Å²) in [6.45, 7) is 16.7. The van der Waals surface area contributed by atoms with Gasteiger partial charge in [-0.05, 0) is 115 Å². The number of hydrogen-bond donors (Lipinski definition) is 3. The maximum atomic E-state index is 10.4. The molecule has 3 nitrogen and oxygen atoms in total. The van der Waals surface area contributed by atoms with Crippen LogP contribution in [-0.4, -0.2) is 33.6 Å². The van der Waals surface area contributed by atoms with Gasteiger partial charge in [0.05, 0.1) is 11.2 Å². The molecule has 0 amide bonds. The molecule has 0 heterocycles. The van der Waals surface area contributed by atoms with E-state index < -0.39 is 11.2 Å². The van der Waals surface area contributed by atoms with Gasteiger partial charge in [-0.1, -0.05) is 129 Å². The molecule has 2 aromatic rings. The fourth-order valence-corrected chi connectivity index (χ4v) is 12.2. The number of benzene rings is 2. The van der Waals surface area contributed by atoms with Crippen molar-refractivity contribution in [1.82, 2.24) is 0 Å². The zero-order valence-electron chi connectivity index (χ0n) is 31.2. The maximum Gasteiger partial charge on any atom is 0.0683 e. The van der Waals surface area contributed by atoms with Crippen molar-refractivity contribution < 1.29 is 15.3 Å². The maximum absolute atomic E-state index is 10.4. The van der Waals surface area contributed by atoms with Crippen LogP contribution in [0.2, 0.25) is 0 Å². The standard InChI is InChI=1S/C24H28.C12H20O2.3C2H6.CH4O/c1-2-22-13-19-14-23(16-22,20-9-5-3-6-10-20)18-24(15-19,17-22)21-11-7-4-8-12-21;1-2-10-3-9-4-11(13,6-10)8-12(14,5-9)7-10;4*1-2/h3-12,19H,2,13-18H2,1H3;9,13-14H,2-8H2,1H3;3*1-2H3;2H,1H3. The topological polar surface area (TPSA) is 60.7 Å². The van der Waals surface area contributed by atoms with E-state index >= 15 is 0 Å². The molecule has 8 aliphatic rings. The normalized spacial score (nSPS) is 39.8. The minimum atomic E-state index is -0.524. The van der Waals surface area contributed by atoms with Crippen molar-refractivity contribution in [3.63, 3.8) is 0 Å². The van der Waals surface area contributed by atoms with Gasteiger partial charge in [-0.15, -0.1) is 0 Å². The zero-order chi connectivity index (χ0) is 34.3. The number of hydrogen-bond acceptors (Lipinski definition) is 3. The third-order valence-electron chi connectivity index (χ3n) is 12.6. The van der Waals surface area contributed by atoms with Crippen molar-refractivity contribution in [3.05, 3.63) is 71.8 Å². The third-order valence-corrected chi connectivity index (χ3v) is 12.6. The summed E-state index contributed by atoms with van der Waals surface area (Å²) in [4.78, 5) is 0. The van der Waals surface area contributed by atoms with E-state index in [0.29, 0.717) is 28.6 Å². The molecule has 2 aromatic carbocycles. The SMILES string of the molecule is CC.CC.CC.CCC12CC3CC(O)(CC(O)(C3)C1)C2.CCC12CC3CC(c4ccccc4)(C1)CC(c1ccccc1)(C3)C2.CO. The second kappa shape index (κ2) is 15.7. The van der Waals surface area contributed by atoms with Crippen LogP contribution in [0.4, 0.5) is 0 Å². The van der Waals surface area contributed by atoms with E-state index in [-0.39, 0.29) is 5.41 Å². The van der Waals surface area contributed by atoms with Crippen molar-refractivity contribution >= 4 is 0 Å². The van der Waals surface area contributed by atoms with Gasteiger partial charge in [-0.3, -0.25) is 0 Å². The summed E-state index contributed by atoms with van der Waals surface area (Å²) in [5.74, 6) is 1.50. The third kappa shape index (κ3) is 7.47. The Morgan fingerprint density at radius 1 is 0.478 bits per heavy atom. The Morgan fingerprint density at radius 2 is 0.826 bits per heavy atom. The molecule has 0 aliphatic heterocycles. The summed E-state index contributed by atoms with van der Waals surface area (Å²) < 4.78 is 0. The van der Waals surface area contributed by atoms with Gasteiger partial charge in [0.2, 0.25) is 0 Å². The number of rotatable bonds is 4. The van der Waals surface area contributed by atoms with Gasteiger partial charge in [0, 0.05) is 13.5 Å². The van der Waals surface area contributed by atoms with Gasteiger partial charge in [-0.25, -0.2) is 0 Å². The van der Waals surface area contributed by atoms with E-state index in [1.54, 1.807) is 11.1 Å². The Labute approximate surface area is 283 Å². The first-order valence-electron chi connectivity index (χ1n) is 19.2. The quantitative estimate of drug-likeness (QED) is 0.314. The first-order chi connectivity index (χ1) is 22.1. The highest BCUT2D eigenvalue weighted by Gasteiger charge is 2.64. The average Bonchev–Trinajstić information content (AvgIpc) is 3.07. The summed E-state index contributed by atoms with van der Waals surface area (Å²) in [6, 6.07) is 23.0. The van der Waals surface area contributed by atoms with Crippen molar-refractivity contribution in [2.24, 2.45) is 22.7 Å². The fraction of sp³-hybridized carbons (Fsp3) is 0.721. The molecule has 8 aliphatic carbocycles. The highest BCUT2D eigenvalue weighted by Crippen LogP contribution is 2.71. The minimum Gasteiger partial charge on any atom is -0.400 e. The first kappa shape index (κ1) is 38.8. The predicted octanol–water partition coefficient (Wildman–Crippen LogP) is 10.8. The molecular formula is C43H70O3. The molecule has 0 spiro atoms. The Kier molecular flexibility index (Phi) is 13.2. The molecule has 0 saturated heterocycles. The van der Waals surface area contributed by atoms with Gasteiger partial charge in [0.1, 0.15) is 0 Å². The van der Waals surface area contributed by atoms with E-state index in [4.69, 9.17) is 5.11 Å². The second-order valence-electron chi connectivity index (χ2n) is 15.5. The van der Waals surface area contributed by atoms with Crippen LogP contribution in [0.5, 0.6) is 0 Å². The molecule has 8 fully saturated rings. The summed E-state index contributed by atoms with van der Waals surface area (Å²) in [5.41, 5.74) is 3.88. The largest absolute Gasteiger partial charge is 0.400 e. The highest BCUT2D eigenvalue weighted by atomic mass is 16.3. The van der Waals surface area contributed by atoms with E-state index in [1.807, 2.05) is 41.5 Å². The molecule has 260 valence electrons. The van der Waals surface area contributed by atoms with Gasteiger partial charge in [0.15, 0.2) is 0 Å². The van der Waals surface area contributed by atoms with E-state index in [0.717, 1.165) is 45.1 Å². The summed E-state index contributed by atoms with van der Waals surface area (Å²) >= 11 is 0. The molecule has 0 radical (unpaired) electrons. The molecule has 3 heteroatoms. The average molecular weight is 635 g/mol. The smallest absolute Gasteiger partial charge is 0.0683 e. The van der Waals surface area contributed by atoms with Crippen LogP contribution >= 0.6 is 0 Å². The highest BCUT2D eigenvalue weighted by molar-refractivity contribution is 5.38. The number of aliphatic hydroxyl groups is 3. The lowest BCUT2D eigenvalue weighted by atomic mass is 9.37. The molecule has 4 atom stereocenters. The van der Waals surface area contributed by atoms with Gasteiger partial charge in [-0.2, -0.15) is 0 Å². The van der Waals surface area contributed by atoms with Crippen molar-refractivity contribution in [2.45, 2.75) is 167 Å². The van der Waals surface area contributed by atoms with Crippen LogP contribution in [0.1, 0.15) is 156 Å². The molecule has 4 unspecified atom stereocenters. The minimum absolute atomic E-state index is 0.267. The van der Waals surface area contributed by atoms with E-state index in [2.05, 4.69) is 74.5 Å². The zero-order valence-corrected chi connectivity index (χ0v) is 31.2. The van der Waals surface area contributed by atoms with E-state index in [9.17, 15) is 10.2 Å². The molecular weight excluding hydrogens is 564 g/mol. The van der Waals surface area contributed by atoms with Crippen molar-refractivity contribution in [3.8, 4) is 0 Å². The first-order valence-corrected chi connectivity index (χ1v) is 19.2. The van der Waals surface area contributed by atoms with E-state index in [1.165, 1.54) is 51.4 Å². The monoisotopic (exact) mass is 635 g/mol. The van der Waals surface area contributed by atoms with Gasteiger partial charge in [0.25, 0.3) is 0 Å². The summed E-state index contributed by atoms with van der Waals surface area (Å²) in [6.07, 6.45) is 16.7. The van der Waals surface area contributed by atoms with Crippen LogP contribution in [0.3, 0.4) is 0 Å². The predicted molar refractivity (Wildman–Crippen MR) is 196 cm³/mol. The van der Waals surface area contributed by atoms with Crippen LogP contribution < -0.4 is 0 Å². The van der Waals surface area contributed by atoms with Crippen LogP contribution in [-0.2, 0) is 10.8 Å². The Morgan fingerprint density at radius 3 is 1.17 bits per heavy atom. The van der Waals surface area contributed by atoms with Crippen molar-refractivity contribution in [1.29, 1.82) is 0 Å². The lowest BCUT2D eigenvalue weighted by Gasteiger charge is -2.67. The Balaban J connectivity index is 0.000000224. The summed E-state index contributed by atoms with van der Waals surface area (Å²) in [5, 5.41) is 27.8. The van der Waals surface area contributed by atoms with Crippen LogP contribution in [0.15, 0.2) is 60.7 Å².